The molecule has 0 radical (unpaired) electrons. The lowest BCUT2D eigenvalue weighted by Crippen LogP contribution is -2.50. The van der Waals surface area contributed by atoms with Crippen LogP contribution in [0.2, 0.25) is 0 Å². The standard InChI is InChI=1S/C13H15BrFN3O3/c14-8-1-2-10(9(15)5-8)17-11(19)6-18-4-3-13(16,7-18)12(20)21/h1-2,5H,3-4,6-7,16H2,(H,17,19)(H,20,21). The van der Waals surface area contributed by atoms with Gasteiger partial charge in [0, 0.05) is 17.6 Å². The first-order valence-corrected chi connectivity index (χ1v) is 7.09. The molecular weight excluding hydrogens is 345 g/mol. The SMILES string of the molecule is NC1(C(=O)O)CCN(CC(=O)Nc2ccc(Br)cc2F)C1. The van der Waals surface area contributed by atoms with E-state index in [4.69, 9.17) is 10.8 Å². The summed E-state index contributed by atoms with van der Waals surface area (Å²) >= 11 is 3.13. The summed E-state index contributed by atoms with van der Waals surface area (Å²) in [5.41, 5.74) is 4.49. The fraction of sp³-hybridized carbons (Fsp3) is 0.385. The molecule has 1 saturated heterocycles. The fourth-order valence-corrected chi connectivity index (χ4v) is 2.54. The van der Waals surface area contributed by atoms with E-state index in [1.807, 2.05) is 0 Å². The number of carbonyl (C=O) groups excluding carboxylic acids is 1. The molecule has 0 saturated carbocycles. The van der Waals surface area contributed by atoms with Crippen LogP contribution in [0.25, 0.3) is 0 Å². The molecule has 1 aromatic rings. The van der Waals surface area contributed by atoms with Gasteiger partial charge in [0.05, 0.1) is 12.2 Å². The zero-order valence-corrected chi connectivity index (χ0v) is 12.7. The Morgan fingerprint density at radius 2 is 2.24 bits per heavy atom. The first-order chi connectivity index (χ1) is 9.80. The molecule has 2 rings (SSSR count). The predicted octanol–water partition coefficient (Wildman–Crippen LogP) is 1.01. The molecule has 1 aliphatic heterocycles. The molecule has 1 aliphatic rings. The molecule has 1 atom stereocenters. The van der Waals surface area contributed by atoms with E-state index in [1.54, 1.807) is 11.0 Å². The first kappa shape index (κ1) is 15.9. The summed E-state index contributed by atoms with van der Waals surface area (Å²) in [4.78, 5) is 24.5. The van der Waals surface area contributed by atoms with Crippen LogP contribution < -0.4 is 11.1 Å². The molecule has 4 N–H and O–H groups in total. The summed E-state index contributed by atoms with van der Waals surface area (Å²) < 4.78 is 14.2. The monoisotopic (exact) mass is 359 g/mol. The van der Waals surface area contributed by atoms with Gasteiger partial charge in [-0.25, -0.2) is 4.39 Å². The zero-order valence-electron chi connectivity index (χ0n) is 11.1. The number of rotatable bonds is 4. The van der Waals surface area contributed by atoms with Crippen molar-refractivity contribution in [3.63, 3.8) is 0 Å². The Morgan fingerprint density at radius 3 is 2.81 bits per heavy atom. The molecule has 114 valence electrons. The highest BCUT2D eigenvalue weighted by Gasteiger charge is 2.41. The van der Waals surface area contributed by atoms with Crippen molar-refractivity contribution in [2.24, 2.45) is 5.73 Å². The van der Waals surface area contributed by atoms with Gasteiger partial charge in [-0.2, -0.15) is 0 Å². The Hall–Kier alpha value is -1.51. The van der Waals surface area contributed by atoms with E-state index in [0.717, 1.165) is 0 Å². The van der Waals surface area contributed by atoms with Crippen molar-refractivity contribution >= 4 is 33.5 Å². The molecule has 8 heteroatoms. The minimum absolute atomic E-state index is 0.0261. The van der Waals surface area contributed by atoms with Crippen LogP contribution in [-0.4, -0.2) is 47.1 Å². The van der Waals surface area contributed by atoms with Crippen molar-refractivity contribution in [2.45, 2.75) is 12.0 Å². The minimum atomic E-state index is -1.32. The van der Waals surface area contributed by atoms with Gasteiger partial charge in [0.2, 0.25) is 5.91 Å². The van der Waals surface area contributed by atoms with E-state index in [1.165, 1.54) is 12.1 Å². The Bertz CT molecular complexity index is 584. The number of aliphatic carboxylic acids is 1. The molecule has 0 bridgehead atoms. The number of hydrogen-bond acceptors (Lipinski definition) is 4. The van der Waals surface area contributed by atoms with Crippen LogP contribution in [0.1, 0.15) is 6.42 Å². The van der Waals surface area contributed by atoms with Crippen LogP contribution in [0.3, 0.4) is 0 Å². The van der Waals surface area contributed by atoms with Gasteiger partial charge < -0.3 is 16.2 Å². The summed E-state index contributed by atoms with van der Waals surface area (Å²) in [7, 11) is 0. The number of nitrogens with two attached hydrogens (primary N) is 1. The Balaban J connectivity index is 1.93. The normalized spacial score (nSPS) is 22.2. The fourth-order valence-electron chi connectivity index (χ4n) is 2.21. The molecule has 1 aromatic carbocycles. The van der Waals surface area contributed by atoms with Crippen LogP contribution in [0.5, 0.6) is 0 Å². The average Bonchev–Trinajstić information content (AvgIpc) is 2.76. The molecule has 0 spiro atoms. The Morgan fingerprint density at radius 1 is 1.52 bits per heavy atom. The lowest BCUT2D eigenvalue weighted by Gasteiger charge is -2.19. The number of nitrogens with one attached hydrogen (secondary N) is 1. The van der Waals surface area contributed by atoms with Gasteiger partial charge in [-0.1, -0.05) is 15.9 Å². The van der Waals surface area contributed by atoms with Crippen LogP contribution in [0.4, 0.5) is 10.1 Å². The summed E-state index contributed by atoms with van der Waals surface area (Å²) in [5.74, 6) is -2.03. The molecule has 1 heterocycles. The number of benzene rings is 1. The first-order valence-electron chi connectivity index (χ1n) is 6.30. The van der Waals surface area contributed by atoms with Crippen molar-refractivity contribution < 1.29 is 19.1 Å². The molecule has 6 nitrogen and oxygen atoms in total. The Kier molecular flexibility index (Phi) is 4.60. The molecule has 0 aliphatic carbocycles. The Labute approximate surface area is 129 Å². The van der Waals surface area contributed by atoms with Crippen LogP contribution >= 0.6 is 15.9 Å². The van der Waals surface area contributed by atoms with Crippen LogP contribution in [0.15, 0.2) is 22.7 Å². The van der Waals surface area contributed by atoms with E-state index in [2.05, 4.69) is 21.2 Å². The highest BCUT2D eigenvalue weighted by atomic mass is 79.9. The number of carbonyl (C=O) groups is 2. The summed E-state index contributed by atoms with van der Waals surface area (Å²) in [6.45, 7) is 0.485. The summed E-state index contributed by atoms with van der Waals surface area (Å²) in [6, 6.07) is 4.32. The van der Waals surface area contributed by atoms with Crippen LogP contribution in [0, 0.1) is 5.82 Å². The van der Waals surface area contributed by atoms with Crippen molar-refractivity contribution in [3.8, 4) is 0 Å². The quantitative estimate of drug-likeness (QED) is 0.745. The average molecular weight is 360 g/mol. The number of hydrogen-bond donors (Lipinski definition) is 3. The molecule has 1 unspecified atom stereocenters. The maximum absolute atomic E-state index is 13.6. The van der Waals surface area contributed by atoms with Gasteiger partial charge in [0.1, 0.15) is 11.4 Å². The molecule has 21 heavy (non-hydrogen) atoms. The van der Waals surface area contributed by atoms with Gasteiger partial charge in [0.25, 0.3) is 0 Å². The summed E-state index contributed by atoms with van der Waals surface area (Å²) in [6.07, 6.45) is 0.280. The van der Waals surface area contributed by atoms with E-state index in [9.17, 15) is 14.0 Å². The highest BCUT2D eigenvalue weighted by Crippen LogP contribution is 2.21. The zero-order chi connectivity index (χ0) is 15.6. The lowest BCUT2D eigenvalue weighted by molar-refractivity contribution is -0.143. The topological polar surface area (TPSA) is 95.7 Å². The number of amides is 1. The number of halogens is 2. The second-order valence-corrected chi connectivity index (χ2v) is 6.01. The molecule has 0 aromatic heterocycles. The summed E-state index contributed by atoms with van der Waals surface area (Å²) in [5, 5.41) is 11.5. The second kappa shape index (κ2) is 6.08. The number of carboxylic acids is 1. The van der Waals surface area contributed by atoms with Crippen molar-refractivity contribution in [1.82, 2.24) is 4.90 Å². The molecular formula is C13H15BrFN3O3. The maximum Gasteiger partial charge on any atom is 0.325 e. The van der Waals surface area contributed by atoms with E-state index in [-0.39, 0.29) is 25.2 Å². The third-order valence-corrected chi connectivity index (χ3v) is 3.87. The minimum Gasteiger partial charge on any atom is -0.480 e. The smallest absolute Gasteiger partial charge is 0.325 e. The van der Waals surface area contributed by atoms with E-state index >= 15 is 0 Å². The van der Waals surface area contributed by atoms with Crippen molar-refractivity contribution in [2.75, 3.05) is 25.0 Å². The lowest BCUT2D eigenvalue weighted by atomic mass is 10.0. The predicted molar refractivity (Wildman–Crippen MR) is 78.3 cm³/mol. The van der Waals surface area contributed by atoms with Gasteiger partial charge >= 0.3 is 5.97 Å². The van der Waals surface area contributed by atoms with Crippen LogP contribution in [-0.2, 0) is 9.59 Å². The molecule has 1 fully saturated rings. The largest absolute Gasteiger partial charge is 0.480 e. The van der Waals surface area contributed by atoms with E-state index < -0.39 is 23.2 Å². The third kappa shape index (κ3) is 3.78. The second-order valence-electron chi connectivity index (χ2n) is 5.09. The number of nitrogens with zero attached hydrogens (tertiary/aromatic N) is 1. The number of anilines is 1. The maximum atomic E-state index is 13.6. The van der Waals surface area contributed by atoms with Gasteiger partial charge in [-0.05, 0) is 24.6 Å². The third-order valence-electron chi connectivity index (χ3n) is 3.38. The van der Waals surface area contributed by atoms with Gasteiger partial charge in [-0.15, -0.1) is 0 Å². The molecule has 1 amide bonds. The number of carboxylic acid groups (broad SMARTS) is 1. The van der Waals surface area contributed by atoms with Gasteiger partial charge in [-0.3, -0.25) is 14.5 Å². The van der Waals surface area contributed by atoms with Gasteiger partial charge in [0.15, 0.2) is 0 Å². The number of likely N-dealkylation sites (tertiary alicyclic amines) is 1. The van der Waals surface area contributed by atoms with Crippen molar-refractivity contribution in [3.05, 3.63) is 28.5 Å². The van der Waals surface area contributed by atoms with Crippen molar-refractivity contribution in [1.29, 1.82) is 0 Å². The van der Waals surface area contributed by atoms with E-state index in [0.29, 0.717) is 11.0 Å². The highest BCUT2D eigenvalue weighted by molar-refractivity contribution is 9.10.